The van der Waals surface area contributed by atoms with Crippen LogP contribution in [-0.4, -0.2) is 54.5 Å². The quantitative estimate of drug-likeness (QED) is 0.501. The van der Waals surface area contributed by atoms with Crippen LogP contribution in [0.2, 0.25) is 0 Å². The highest BCUT2D eigenvalue weighted by Crippen LogP contribution is 2.31. The van der Waals surface area contributed by atoms with E-state index in [-0.39, 0.29) is 16.9 Å². The molecule has 0 bridgehead atoms. The monoisotopic (exact) mass is 463 g/mol. The number of hydrogen-bond donors (Lipinski definition) is 3. The summed E-state index contributed by atoms with van der Waals surface area (Å²) in [7, 11) is 2.95. The van der Waals surface area contributed by atoms with Crippen molar-refractivity contribution in [3.05, 3.63) is 65.7 Å². The number of ether oxygens (including phenoxy) is 2. The molecule has 9 heteroatoms. The van der Waals surface area contributed by atoms with Gasteiger partial charge in [0.2, 0.25) is 0 Å². The van der Waals surface area contributed by atoms with Crippen LogP contribution in [-0.2, 0) is 4.79 Å². The first kappa shape index (κ1) is 22.9. The number of benzene rings is 3. The van der Waals surface area contributed by atoms with E-state index in [9.17, 15) is 19.5 Å². The third kappa shape index (κ3) is 4.32. The van der Waals surface area contributed by atoms with Crippen LogP contribution < -0.4 is 20.3 Å². The predicted molar refractivity (Wildman–Crippen MR) is 125 cm³/mol. The minimum Gasteiger partial charge on any atom is -0.506 e. The van der Waals surface area contributed by atoms with Crippen LogP contribution >= 0.6 is 0 Å². The van der Waals surface area contributed by atoms with Crippen LogP contribution in [0.25, 0.3) is 10.8 Å². The highest BCUT2D eigenvalue weighted by molar-refractivity contribution is 6.05. The Morgan fingerprint density at radius 1 is 0.971 bits per heavy atom. The van der Waals surface area contributed by atoms with E-state index in [0.717, 1.165) is 5.39 Å². The van der Waals surface area contributed by atoms with Gasteiger partial charge in [0.15, 0.2) is 11.5 Å². The molecule has 176 valence electrons. The maximum absolute atomic E-state index is 13.2. The number of methoxy groups -OCH3 is 2. The second kappa shape index (κ2) is 9.70. The summed E-state index contributed by atoms with van der Waals surface area (Å²) in [4.78, 5) is 39.9. The first-order valence-corrected chi connectivity index (χ1v) is 10.8. The molecule has 0 radical (unpaired) electrons. The standard InChI is InChI=1S/C25H25N3O6/c1-33-20-12-10-16(14-21(20)34-2)23(30)26-27-24(31)19-8-5-13-28(19)25(32)18-11-9-15-6-3-4-7-17(15)22(18)29/h3-4,6-7,9-12,14,19,29H,5,8,13H2,1-2H3,(H,26,30)(H,27,31). The van der Waals surface area contributed by atoms with Crippen LogP contribution in [0.3, 0.4) is 0 Å². The van der Waals surface area contributed by atoms with Gasteiger partial charge in [0, 0.05) is 17.5 Å². The van der Waals surface area contributed by atoms with Gasteiger partial charge in [-0.05, 0) is 42.5 Å². The zero-order valence-corrected chi connectivity index (χ0v) is 18.8. The van der Waals surface area contributed by atoms with Crippen molar-refractivity contribution >= 4 is 28.5 Å². The number of fused-ring (bicyclic) bond motifs is 1. The summed E-state index contributed by atoms with van der Waals surface area (Å²) >= 11 is 0. The third-order valence-electron chi connectivity index (χ3n) is 5.89. The molecule has 9 nitrogen and oxygen atoms in total. The summed E-state index contributed by atoms with van der Waals surface area (Å²) in [5.74, 6) is -0.760. The van der Waals surface area contributed by atoms with Crippen molar-refractivity contribution in [2.75, 3.05) is 20.8 Å². The van der Waals surface area contributed by atoms with Crippen molar-refractivity contribution in [3.8, 4) is 17.2 Å². The fourth-order valence-corrected chi connectivity index (χ4v) is 4.12. The molecule has 4 rings (SSSR count). The number of rotatable bonds is 5. The molecule has 3 aromatic rings. The summed E-state index contributed by atoms with van der Waals surface area (Å²) in [5.41, 5.74) is 5.17. The van der Waals surface area contributed by atoms with Gasteiger partial charge in [-0.25, -0.2) is 0 Å². The number of hydrogen-bond acceptors (Lipinski definition) is 6. The third-order valence-corrected chi connectivity index (χ3v) is 5.89. The number of hydrazine groups is 1. The Balaban J connectivity index is 1.45. The van der Waals surface area contributed by atoms with Gasteiger partial charge in [-0.15, -0.1) is 0 Å². The largest absolute Gasteiger partial charge is 0.506 e. The molecule has 1 fully saturated rings. The Morgan fingerprint density at radius 3 is 2.50 bits per heavy atom. The topological polar surface area (TPSA) is 117 Å². The summed E-state index contributed by atoms with van der Waals surface area (Å²) in [5, 5.41) is 12.0. The Bertz CT molecular complexity index is 1260. The molecule has 1 heterocycles. The van der Waals surface area contributed by atoms with Crippen LogP contribution in [0.4, 0.5) is 0 Å². The second-order valence-electron chi connectivity index (χ2n) is 7.85. The molecule has 3 N–H and O–H groups in total. The number of aromatic hydroxyl groups is 1. The maximum atomic E-state index is 13.2. The number of nitrogens with zero attached hydrogens (tertiary/aromatic N) is 1. The SMILES string of the molecule is COc1ccc(C(=O)NNC(=O)C2CCCN2C(=O)c2ccc3ccccc3c2O)cc1OC. The molecular formula is C25H25N3O6. The van der Waals surface area contributed by atoms with Gasteiger partial charge >= 0.3 is 0 Å². The van der Waals surface area contributed by atoms with Crippen molar-refractivity contribution in [2.24, 2.45) is 0 Å². The molecule has 3 amide bonds. The van der Waals surface area contributed by atoms with E-state index in [2.05, 4.69) is 10.9 Å². The van der Waals surface area contributed by atoms with E-state index in [4.69, 9.17) is 9.47 Å². The number of likely N-dealkylation sites (tertiary alicyclic amines) is 1. The van der Waals surface area contributed by atoms with E-state index in [0.29, 0.717) is 36.3 Å². The molecular weight excluding hydrogens is 438 g/mol. The van der Waals surface area contributed by atoms with E-state index in [1.165, 1.54) is 31.3 Å². The van der Waals surface area contributed by atoms with Gasteiger partial charge in [0.25, 0.3) is 17.7 Å². The number of carbonyl (C=O) groups is 3. The van der Waals surface area contributed by atoms with Gasteiger partial charge in [0.1, 0.15) is 11.8 Å². The number of carbonyl (C=O) groups excluding carboxylic acids is 3. The van der Waals surface area contributed by atoms with Crippen molar-refractivity contribution in [1.29, 1.82) is 0 Å². The summed E-state index contributed by atoms with van der Waals surface area (Å²) in [6.45, 7) is 0.368. The molecule has 0 spiro atoms. The fraction of sp³-hybridized carbons (Fsp3) is 0.240. The summed E-state index contributed by atoms with van der Waals surface area (Å²) in [6, 6.07) is 14.4. The first-order valence-electron chi connectivity index (χ1n) is 10.8. The maximum Gasteiger partial charge on any atom is 0.269 e. The lowest BCUT2D eigenvalue weighted by atomic mass is 10.0. The average Bonchev–Trinajstić information content (AvgIpc) is 3.37. The normalized spacial score (nSPS) is 15.1. The summed E-state index contributed by atoms with van der Waals surface area (Å²) in [6.07, 6.45) is 1.07. The highest BCUT2D eigenvalue weighted by atomic mass is 16.5. The first-order chi connectivity index (χ1) is 16.4. The Labute approximate surface area is 196 Å². The van der Waals surface area contributed by atoms with Crippen LogP contribution in [0, 0.1) is 0 Å². The molecule has 1 aliphatic heterocycles. The minimum atomic E-state index is -0.774. The molecule has 0 aliphatic carbocycles. The second-order valence-corrected chi connectivity index (χ2v) is 7.85. The molecule has 1 unspecified atom stereocenters. The smallest absolute Gasteiger partial charge is 0.269 e. The number of phenolic OH excluding ortho intramolecular Hbond substituents is 1. The van der Waals surface area contributed by atoms with Crippen LogP contribution in [0.1, 0.15) is 33.6 Å². The van der Waals surface area contributed by atoms with E-state index >= 15 is 0 Å². The lowest BCUT2D eigenvalue weighted by molar-refractivity contribution is -0.125. The Kier molecular flexibility index (Phi) is 6.53. The number of phenols is 1. The Morgan fingerprint density at radius 2 is 1.74 bits per heavy atom. The zero-order valence-electron chi connectivity index (χ0n) is 18.8. The fourth-order valence-electron chi connectivity index (χ4n) is 4.12. The molecule has 0 saturated carbocycles. The van der Waals surface area contributed by atoms with Crippen LogP contribution in [0.5, 0.6) is 17.2 Å². The lowest BCUT2D eigenvalue weighted by Gasteiger charge is -2.24. The van der Waals surface area contributed by atoms with Crippen molar-refractivity contribution in [3.63, 3.8) is 0 Å². The molecule has 1 saturated heterocycles. The molecule has 0 aromatic heterocycles. The molecule has 1 atom stereocenters. The Hall–Kier alpha value is -4.27. The average molecular weight is 463 g/mol. The minimum absolute atomic E-state index is 0.115. The molecule has 34 heavy (non-hydrogen) atoms. The predicted octanol–water partition coefficient (Wildman–Crippen LogP) is 2.63. The van der Waals surface area contributed by atoms with Crippen molar-refractivity contribution < 1.29 is 29.0 Å². The van der Waals surface area contributed by atoms with Gasteiger partial charge in [-0.1, -0.05) is 30.3 Å². The van der Waals surface area contributed by atoms with Gasteiger partial charge in [-0.2, -0.15) is 0 Å². The van der Waals surface area contributed by atoms with E-state index in [1.807, 2.05) is 12.1 Å². The summed E-state index contributed by atoms with van der Waals surface area (Å²) < 4.78 is 10.4. The lowest BCUT2D eigenvalue weighted by Crippen LogP contribution is -2.51. The molecule has 1 aliphatic rings. The van der Waals surface area contributed by atoms with Gasteiger partial charge in [0.05, 0.1) is 19.8 Å². The van der Waals surface area contributed by atoms with E-state index in [1.54, 1.807) is 30.3 Å². The number of amides is 3. The zero-order chi connectivity index (χ0) is 24.2. The van der Waals surface area contributed by atoms with E-state index < -0.39 is 23.8 Å². The van der Waals surface area contributed by atoms with Gasteiger partial charge < -0.3 is 19.5 Å². The number of nitrogens with one attached hydrogen (secondary N) is 2. The van der Waals surface area contributed by atoms with Crippen molar-refractivity contribution in [2.45, 2.75) is 18.9 Å². The van der Waals surface area contributed by atoms with Crippen LogP contribution in [0.15, 0.2) is 54.6 Å². The van der Waals surface area contributed by atoms with Crippen molar-refractivity contribution in [1.82, 2.24) is 15.8 Å². The molecule has 3 aromatic carbocycles. The van der Waals surface area contributed by atoms with Gasteiger partial charge in [-0.3, -0.25) is 25.2 Å². The highest BCUT2D eigenvalue weighted by Gasteiger charge is 2.35.